The third kappa shape index (κ3) is 3.63. The van der Waals surface area contributed by atoms with Crippen LogP contribution in [-0.2, 0) is 11.2 Å². The molecule has 3 aromatic carbocycles. The zero-order valence-corrected chi connectivity index (χ0v) is 20.6. The highest BCUT2D eigenvalue weighted by Crippen LogP contribution is 2.44. The highest BCUT2D eigenvalue weighted by molar-refractivity contribution is 7.80. The predicted octanol–water partition coefficient (Wildman–Crippen LogP) is 3.97. The van der Waals surface area contributed by atoms with Gasteiger partial charge in [0.25, 0.3) is 0 Å². The summed E-state index contributed by atoms with van der Waals surface area (Å²) in [5.41, 5.74) is 8.78. The minimum atomic E-state index is -0.609. The van der Waals surface area contributed by atoms with Gasteiger partial charge in [-0.2, -0.15) is 12.6 Å². The van der Waals surface area contributed by atoms with Crippen LogP contribution in [0.5, 0.6) is 0 Å². The van der Waals surface area contributed by atoms with Crippen molar-refractivity contribution in [2.75, 3.05) is 37.7 Å². The number of hydrogen-bond donors (Lipinski definition) is 2. The van der Waals surface area contributed by atoms with Crippen LogP contribution in [0.15, 0.2) is 60.7 Å². The van der Waals surface area contributed by atoms with E-state index in [0.29, 0.717) is 19.8 Å². The summed E-state index contributed by atoms with van der Waals surface area (Å²) in [6.45, 7) is 3.10. The Hall–Kier alpha value is -2.61. The summed E-state index contributed by atoms with van der Waals surface area (Å²) in [4.78, 5) is 20.2. The molecule has 6 rings (SSSR count). The van der Waals surface area contributed by atoms with Gasteiger partial charge in [-0.25, -0.2) is 4.39 Å². The number of amides is 1. The van der Waals surface area contributed by atoms with Crippen LogP contribution in [-0.4, -0.2) is 60.1 Å². The summed E-state index contributed by atoms with van der Waals surface area (Å²) in [6.07, 6.45) is 2.42. The van der Waals surface area contributed by atoms with Crippen LogP contribution in [0.2, 0.25) is 0 Å². The van der Waals surface area contributed by atoms with Crippen LogP contribution in [0, 0.1) is 5.82 Å². The third-order valence-electron chi connectivity index (χ3n) is 8.28. The topological polar surface area (TPSA) is 52.8 Å². The van der Waals surface area contributed by atoms with Crippen molar-refractivity contribution in [3.63, 3.8) is 0 Å². The normalized spacial score (nSPS) is 24.0. The maximum Gasteiger partial charge on any atom is 0.250 e. The van der Waals surface area contributed by atoms with Crippen LogP contribution in [0.3, 0.4) is 0 Å². The summed E-state index contributed by atoms with van der Waals surface area (Å²) in [5.74, 6) is -0.123. The van der Waals surface area contributed by atoms with Gasteiger partial charge >= 0.3 is 0 Å². The highest BCUT2D eigenvalue weighted by Gasteiger charge is 2.54. The van der Waals surface area contributed by atoms with Gasteiger partial charge in [-0.15, -0.1) is 0 Å². The van der Waals surface area contributed by atoms with Gasteiger partial charge in [-0.1, -0.05) is 36.4 Å². The zero-order valence-electron chi connectivity index (χ0n) is 19.7. The van der Waals surface area contributed by atoms with E-state index < -0.39 is 5.54 Å². The summed E-state index contributed by atoms with van der Waals surface area (Å²) in [7, 11) is 0. The molecule has 0 aromatic heterocycles. The number of rotatable bonds is 4. The Morgan fingerprint density at radius 3 is 2.46 bits per heavy atom. The van der Waals surface area contributed by atoms with Gasteiger partial charge in [-0.05, 0) is 65.4 Å². The number of nitrogens with zero attached hydrogens (tertiary/aromatic N) is 3. The molecule has 0 bridgehead atoms. The molecular formula is C28H31FN4OS. The maximum absolute atomic E-state index is 13.7. The van der Waals surface area contributed by atoms with Crippen LogP contribution >= 0.6 is 12.6 Å². The van der Waals surface area contributed by atoms with Gasteiger partial charge in [0.05, 0.1) is 6.67 Å². The first-order chi connectivity index (χ1) is 17.0. The van der Waals surface area contributed by atoms with Crippen molar-refractivity contribution >= 4 is 35.0 Å². The van der Waals surface area contributed by atoms with Crippen molar-refractivity contribution in [1.29, 1.82) is 0 Å². The number of thiol groups is 1. The van der Waals surface area contributed by atoms with Gasteiger partial charge < -0.3 is 15.5 Å². The molecular weight excluding hydrogens is 459 g/mol. The molecule has 1 unspecified atom stereocenters. The monoisotopic (exact) mass is 490 g/mol. The van der Waals surface area contributed by atoms with Gasteiger partial charge in [0.1, 0.15) is 11.4 Å². The summed E-state index contributed by atoms with van der Waals surface area (Å²) in [5, 5.41) is 2.76. The number of carbonyl (C=O) groups excluding carboxylic acids is 1. The highest BCUT2D eigenvalue weighted by atomic mass is 32.1. The van der Waals surface area contributed by atoms with Gasteiger partial charge in [0.2, 0.25) is 5.91 Å². The van der Waals surface area contributed by atoms with Gasteiger partial charge in [0.15, 0.2) is 0 Å². The summed E-state index contributed by atoms with van der Waals surface area (Å²) < 4.78 is 13.6. The van der Waals surface area contributed by atoms with E-state index in [1.165, 1.54) is 34.0 Å². The Balaban J connectivity index is 1.27. The molecule has 2 aliphatic heterocycles. The smallest absolute Gasteiger partial charge is 0.250 e. The molecule has 1 aliphatic carbocycles. The molecule has 3 aromatic rings. The molecule has 1 spiro atoms. The number of likely N-dealkylation sites (tertiary alicyclic amines) is 1. The quantitative estimate of drug-likeness (QED) is 0.544. The average molecular weight is 491 g/mol. The van der Waals surface area contributed by atoms with E-state index in [2.05, 4.69) is 46.2 Å². The number of anilines is 1. The Labute approximate surface area is 211 Å². The van der Waals surface area contributed by atoms with E-state index in [4.69, 9.17) is 18.4 Å². The van der Waals surface area contributed by atoms with Crippen LogP contribution in [0.4, 0.5) is 10.1 Å². The number of piperidine rings is 1. The second-order valence-corrected chi connectivity index (χ2v) is 10.6. The van der Waals surface area contributed by atoms with Crippen LogP contribution in [0.1, 0.15) is 29.2 Å². The molecule has 0 saturated carbocycles. The molecule has 5 nitrogen and oxygen atoms in total. The lowest BCUT2D eigenvalue weighted by Gasteiger charge is -2.47. The average Bonchev–Trinajstić information content (AvgIpc) is 3.14. The molecule has 2 atom stereocenters. The summed E-state index contributed by atoms with van der Waals surface area (Å²) >= 11 is 5.11. The molecule has 0 radical (unpaired) electrons. The third-order valence-corrected chi connectivity index (χ3v) is 8.90. The van der Waals surface area contributed by atoms with E-state index in [0.717, 1.165) is 38.0 Å². The molecule has 7 heteroatoms. The predicted molar refractivity (Wildman–Crippen MR) is 141 cm³/mol. The van der Waals surface area contributed by atoms with Crippen molar-refractivity contribution in [2.45, 2.75) is 36.1 Å². The van der Waals surface area contributed by atoms with Gasteiger partial charge in [-0.3, -0.25) is 9.69 Å². The van der Waals surface area contributed by atoms with Crippen molar-refractivity contribution in [1.82, 2.24) is 9.80 Å². The van der Waals surface area contributed by atoms with Crippen LogP contribution < -0.4 is 10.6 Å². The number of nitrogens with two attached hydrogens (primary N) is 1. The molecule has 182 valence electrons. The van der Waals surface area contributed by atoms with Crippen molar-refractivity contribution in [3.8, 4) is 0 Å². The minimum Gasteiger partial charge on any atom is -0.339 e. The fourth-order valence-electron chi connectivity index (χ4n) is 6.51. The number of benzene rings is 3. The van der Waals surface area contributed by atoms with E-state index in [-0.39, 0.29) is 23.0 Å². The number of carbonyl (C=O) groups is 1. The van der Waals surface area contributed by atoms with Gasteiger partial charge in [0, 0.05) is 43.2 Å². The minimum absolute atomic E-state index is 0.129. The number of hydrogen-bond acceptors (Lipinski definition) is 5. The fourth-order valence-corrected chi connectivity index (χ4v) is 7.02. The molecule has 35 heavy (non-hydrogen) atoms. The SMILES string of the molecule is NCCN1CN(c2ccc(F)cc2)C2(CCN([C@H]3Cc4cccc5cccc(c45)C3S)CC2)C1=O. The standard InChI is InChI=1S/C28H31FN4OS/c29-21-7-9-22(10-8-21)33-18-32(16-13-30)27(34)28(33)11-14-31(15-12-28)24-17-20-5-1-3-19-4-2-6-23(25(19)20)26(24)35/h1-10,24,26,35H,11-18,30H2/t24-,26?/m0/s1. The molecule has 1 amide bonds. The molecule has 2 saturated heterocycles. The zero-order chi connectivity index (χ0) is 24.2. The van der Waals surface area contributed by atoms with E-state index in [1.807, 2.05) is 4.90 Å². The van der Waals surface area contributed by atoms with E-state index in [1.54, 1.807) is 12.1 Å². The molecule has 3 aliphatic rings. The lowest BCUT2D eigenvalue weighted by Crippen LogP contribution is -2.58. The van der Waals surface area contributed by atoms with E-state index in [9.17, 15) is 9.18 Å². The molecule has 2 N–H and O–H groups in total. The molecule has 2 fully saturated rings. The maximum atomic E-state index is 13.7. The summed E-state index contributed by atoms with van der Waals surface area (Å²) in [6, 6.07) is 19.9. The van der Waals surface area contributed by atoms with E-state index >= 15 is 0 Å². The first-order valence-corrected chi connectivity index (χ1v) is 13.0. The lowest BCUT2D eigenvalue weighted by molar-refractivity contribution is -0.133. The first kappa shape index (κ1) is 22.8. The Morgan fingerprint density at radius 2 is 1.74 bits per heavy atom. The van der Waals surface area contributed by atoms with Crippen molar-refractivity contribution in [3.05, 3.63) is 77.6 Å². The van der Waals surface area contributed by atoms with Crippen LogP contribution in [0.25, 0.3) is 10.8 Å². The van der Waals surface area contributed by atoms with Crippen molar-refractivity contribution in [2.24, 2.45) is 5.73 Å². The molecule has 2 heterocycles. The Bertz CT molecular complexity index is 1250. The Morgan fingerprint density at radius 1 is 1.03 bits per heavy atom. The first-order valence-electron chi connectivity index (χ1n) is 12.5. The van der Waals surface area contributed by atoms with Crippen molar-refractivity contribution < 1.29 is 9.18 Å². The lowest BCUT2D eigenvalue weighted by atomic mass is 9.81. The fraction of sp³-hybridized carbons (Fsp3) is 0.393. The number of halogens is 1. The second kappa shape index (κ2) is 8.80. The Kier molecular flexibility index (Phi) is 5.74. The second-order valence-electron chi connectivity index (χ2n) is 10.0. The largest absolute Gasteiger partial charge is 0.339 e.